The number of hydrogen-bond donors (Lipinski definition) is 2. The average Bonchev–Trinajstić information content (AvgIpc) is 1.85. The molecule has 0 aliphatic heterocycles. The van der Waals surface area contributed by atoms with Crippen molar-refractivity contribution in [2.45, 2.75) is 22.4 Å². The summed E-state index contributed by atoms with van der Waals surface area (Å²) in [6.45, 7) is 3.31. The molecule has 5 heteroatoms. The Labute approximate surface area is 80.4 Å². The van der Waals surface area contributed by atoms with Crippen LogP contribution in [0.3, 0.4) is 0 Å². The highest BCUT2D eigenvalue weighted by Crippen LogP contribution is 2.32. The molecule has 2 atom stereocenters. The minimum Gasteiger partial charge on any atom is -0.389 e. The molecule has 0 aromatic heterocycles. The zero-order valence-corrected chi connectivity index (χ0v) is 7.94. The van der Waals surface area contributed by atoms with E-state index in [1.807, 2.05) is 0 Å². The van der Waals surface area contributed by atoms with E-state index in [4.69, 9.17) is 45.0 Å². The van der Waals surface area contributed by atoms with Crippen LogP contribution in [0.5, 0.6) is 0 Å². The van der Waals surface area contributed by atoms with Crippen LogP contribution in [0, 0.1) is 0 Å². The summed E-state index contributed by atoms with van der Waals surface area (Å²) in [5.74, 6) is 0. The van der Waals surface area contributed by atoms with E-state index < -0.39 is 16.0 Å². The van der Waals surface area contributed by atoms with Crippen molar-refractivity contribution in [3.8, 4) is 0 Å². The molecular weight excluding hydrogens is 210 g/mol. The average molecular weight is 219 g/mol. The van der Waals surface area contributed by atoms with E-state index in [0.29, 0.717) is 0 Å². The molecule has 0 radical (unpaired) electrons. The molecule has 0 amide bonds. The van der Waals surface area contributed by atoms with Crippen LogP contribution in [0.1, 0.15) is 6.42 Å². The molecule has 0 spiro atoms. The second kappa shape index (κ2) is 4.53. The summed E-state index contributed by atoms with van der Waals surface area (Å²) >= 11 is 16.0. The smallest absolute Gasteiger partial charge is 0.216 e. The minimum atomic E-state index is -1.75. The van der Waals surface area contributed by atoms with Gasteiger partial charge < -0.3 is 10.2 Å². The Hall–Kier alpha value is 0.530. The van der Waals surface area contributed by atoms with Gasteiger partial charge in [-0.05, 0) is 0 Å². The first-order chi connectivity index (χ1) is 4.88. The van der Waals surface area contributed by atoms with Gasteiger partial charge in [0.05, 0.1) is 6.10 Å². The summed E-state index contributed by atoms with van der Waals surface area (Å²) in [6, 6.07) is 0. The molecule has 0 saturated heterocycles. The molecule has 0 rings (SSSR count). The third-order valence-electron chi connectivity index (χ3n) is 1.11. The lowest BCUT2D eigenvalue weighted by Crippen LogP contribution is -2.28. The van der Waals surface area contributed by atoms with E-state index >= 15 is 0 Å². The van der Waals surface area contributed by atoms with Gasteiger partial charge in [0.25, 0.3) is 0 Å². The van der Waals surface area contributed by atoms with Gasteiger partial charge in [-0.2, -0.15) is 0 Å². The lowest BCUT2D eigenvalue weighted by Gasteiger charge is -2.19. The van der Waals surface area contributed by atoms with Gasteiger partial charge >= 0.3 is 0 Å². The predicted octanol–water partition coefficient (Wildman–Crippen LogP) is 1.65. The standard InChI is InChI=1S/C6H9Cl3O2/c1-2-4(10)3-5(11)6(7,8)9/h2,4-5,10-11H,1,3H2/t4-,5-/m1/s1. The Balaban J connectivity index is 3.87. The van der Waals surface area contributed by atoms with Gasteiger partial charge in [0.1, 0.15) is 6.10 Å². The quantitative estimate of drug-likeness (QED) is 0.560. The topological polar surface area (TPSA) is 40.5 Å². The van der Waals surface area contributed by atoms with Crippen LogP contribution in [-0.4, -0.2) is 26.2 Å². The number of aliphatic hydroxyl groups is 2. The highest BCUT2D eigenvalue weighted by molar-refractivity contribution is 6.68. The van der Waals surface area contributed by atoms with Gasteiger partial charge in [-0.15, -0.1) is 6.58 Å². The van der Waals surface area contributed by atoms with Crippen LogP contribution in [-0.2, 0) is 0 Å². The Morgan fingerprint density at radius 3 is 2.09 bits per heavy atom. The number of rotatable bonds is 3. The fraction of sp³-hybridized carbons (Fsp3) is 0.667. The van der Waals surface area contributed by atoms with Crippen molar-refractivity contribution < 1.29 is 10.2 Å². The first kappa shape index (κ1) is 11.5. The van der Waals surface area contributed by atoms with Gasteiger partial charge in [0.15, 0.2) is 0 Å². The lowest BCUT2D eigenvalue weighted by atomic mass is 10.2. The van der Waals surface area contributed by atoms with E-state index in [2.05, 4.69) is 6.58 Å². The van der Waals surface area contributed by atoms with Crippen molar-refractivity contribution in [2.75, 3.05) is 0 Å². The number of aliphatic hydroxyl groups excluding tert-OH is 2. The van der Waals surface area contributed by atoms with E-state index in [1.165, 1.54) is 6.08 Å². The molecule has 0 unspecified atom stereocenters. The molecule has 11 heavy (non-hydrogen) atoms. The van der Waals surface area contributed by atoms with Crippen molar-refractivity contribution in [1.29, 1.82) is 0 Å². The van der Waals surface area contributed by atoms with Crippen molar-refractivity contribution in [3.63, 3.8) is 0 Å². The SMILES string of the molecule is C=C[C@@H](O)C[C@@H](O)C(Cl)(Cl)Cl. The van der Waals surface area contributed by atoms with Crippen LogP contribution in [0.4, 0.5) is 0 Å². The Bertz CT molecular complexity index is 132. The minimum absolute atomic E-state index is 0.0278. The summed E-state index contributed by atoms with van der Waals surface area (Å²) in [5, 5.41) is 18.0. The summed E-state index contributed by atoms with van der Waals surface area (Å²) in [7, 11) is 0. The fourth-order valence-corrected chi connectivity index (χ4v) is 0.726. The van der Waals surface area contributed by atoms with Crippen LogP contribution in [0.15, 0.2) is 12.7 Å². The van der Waals surface area contributed by atoms with Gasteiger partial charge in [-0.3, -0.25) is 0 Å². The molecule has 0 bridgehead atoms. The summed E-state index contributed by atoms with van der Waals surface area (Å²) in [6.07, 6.45) is -0.791. The van der Waals surface area contributed by atoms with Crippen molar-refractivity contribution in [1.82, 2.24) is 0 Å². The molecule has 0 aromatic carbocycles. The normalized spacial score (nSPS) is 17.5. The molecule has 0 aliphatic carbocycles. The molecule has 0 aromatic rings. The van der Waals surface area contributed by atoms with Gasteiger partial charge in [0.2, 0.25) is 3.79 Å². The van der Waals surface area contributed by atoms with E-state index in [9.17, 15) is 0 Å². The third-order valence-corrected chi connectivity index (χ3v) is 1.87. The molecule has 0 aliphatic rings. The molecule has 0 heterocycles. The fourth-order valence-electron chi connectivity index (χ4n) is 0.459. The zero-order chi connectivity index (χ0) is 9.07. The molecular formula is C6H9Cl3O2. The summed E-state index contributed by atoms with van der Waals surface area (Å²) < 4.78 is -1.75. The zero-order valence-electron chi connectivity index (χ0n) is 5.67. The highest BCUT2D eigenvalue weighted by atomic mass is 35.6. The molecule has 66 valence electrons. The first-order valence-corrected chi connectivity index (χ1v) is 4.06. The van der Waals surface area contributed by atoms with E-state index in [0.717, 1.165) is 0 Å². The maximum absolute atomic E-state index is 9.08. The monoisotopic (exact) mass is 218 g/mol. The van der Waals surface area contributed by atoms with Crippen molar-refractivity contribution in [3.05, 3.63) is 12.7 Å². The second-order valence-electron chi connectivity index (χ2n) is 2.10. The summed E-state index contributed by atoms with van der Waals surface area (Å²) in [4.78, 5) is 0. The van der Waals surface area contributed by atoms with Crippen molar-refractivity contribution in [2.24, 2.45) is 0 Å². The predicted molar refractivity (Wildman–Crippen MR) is 47.1 cm³/mol. The van der Waals surface area contributed by atoms with Gasteiger partial charge in [-0.1, -0.05) is 40.9 Å². The third kappa shape index (κ3) is 4.88. The Morgan fingerprint density at radius 2 is 1.82 bits per heavy atom. The number of halogens is 3. The molecule has 0 fully saturated rings. The van der Waals surface area contributed by atoms with Gasteiger partial charge in [0, 0.05) is 6.42 Å². The van der Waals surface area contributed by atoms with Crippen molar-refractivity contribution >= 4 is 34.8 Å². The van der Waals surface area contributed by atoms with Crippen LogP contribution < -0.4 is 0 Å². The van der Waals surface area contributed by atoms with Crippen LogP contribution in [0.25, 0.3) is 0 Å². The highest BCUT2D eigenvalue weighted by Gasteiger charge is 2.31. The van der Waals surface area contributed by atoms with E-state index in [1.54, 1.807) is 0 Å². The largest absolute Gasteiger partial charge is 0.389 e. The second-order valence-corrected chi connectivity index (χ2v) is 4.47. The molecule has 0 saturated carbocycles. The Morgan fingerprint density at radius 1 is 1.36 bits per heavy atom. The first-order valence-electron chi connectivity index (χ1n) is 2.93. The molecule has 2 N–H and O–H groups in total. The maximum atomic E-state index is 9.08. The maximum Gasteiger partial charge on any atom is 0.216 e. The number of hydrogen-bond acceptors (Lipinski definition) is 2. The van der Waals surface area contributed by atoms with Crippen LogP contribution >= 0.6 is 34.8 Å². The number of alkyl halides is 3. The Kier molecular flexibility index (Phi) is 4.75. The summed E-state index contributed by atoms with van der Waals surface area (Å²) in [5.41, 5.74) is 0. The van der Waals surface area contributed by atoms with E-state index in [-0.39, 0.29) is 6.42 Å². The van der Waals surface area contributed by atoms with Gasteiger partial charge in [-0.25, -0.2) is 0 Å². The lowest BCUT2D eigenvalue weighted by molar-refractivity contribution is 0.107. The van der Waals surface area contributed by atoms with Crippen LogP contribution in [0.2, 0.25) is 0 Å². The molecule has 2 nitrogen and oxygen atoms in total.